The van der Waals surface area contributed by atoms with Gasteiger partial charge in [0.2, 0.25) is 11.8 Å². The monoisotopic (exact) mass is 568 g/mol. The van der Waals surface area contributed by atoms with Crippen LogP contribution in [-0.2, 0) is 16.1 Å². The molecule has 5 aromatic rings. The number of nitrogens with zero attached hydrogens (tertiary/aromatic N) is 1. The van der Waals surface area contributed by atoms with Crippen LogP contribution in [0, 0.1) is 11.6 Å². The Morgan fingerprint density at radius 2 is 1.40 bits per heavy atom. The van der Waals surface area contributed by atoms with E-state index in [4.69, 9.17) is 4.74 Å². The lowest BCUT2D eigenvalue weighted by atomic mass is 10.2. The molecule has 0 unspecified atom stereocenters. The first-order valence-electron chi connectivity index (χ1n) is 13.0. The topological polar surface area (TPSA) is 104 Å². The highest BCUT2D eigenvalue weighted by Gasteiger charge is 2.23. The van der Waals surface area contributed by atoms with Crippen LogP contribution in [0.25, 0.3) is 10.9 Å². The van der Waals surface area contributed by atoms with E-state index in [0.717, 1.165) is 15.8 Å². The van der Waals surface area contributed by atoms with Gasteiger partial charge >= 0.3 is 0 Å². The second-order valence-electron chi connectivity index (χ2n) is 9.43. The van der Waals surface area contributed by atoms with Crippen molar-refractivity contribution in [3.8, 4) is 11.5 Å². The third-order valence-electron chi connectivity index (χ3n) is 6.34. The molecule has 1 heterocycles. The number of halogens is 2. The van der Waals surface area contributed by atoms with Crippen LogP contribution in [0.5, 0.6) is 11.5 Å². The zero-order valence-corrected chi connectivity index (χ0v) is 22.3. The molecule has 0 radical (unpaired) electrons. The van der Waals surface area contributed by atoms with E-state index in [1.165, 1.54) is 30.3 Å². The van der Waals surface area contributed by atoms with E-state index in [1.807, 2.05) is 24.3 Å². The van der Waals surface area contributed by atoms with Crippen molar-refractivity contribution in [3.05, 3.63) is 126 Å². The highest BCUT2D eigenvalue weighted by molar-refractivity contribution is 6.02. The Bertz CT molecular complexity index is 1690. The lowest BCUT2D eigenvalue weighted by molar-refractivity contribution is -0.122. The quantitative estimate of drug-likeness (QED) is 0.203. The van der Waals surface area contributed by atoms with Crippen LogP contribution in [0.4, 0.5) is 14.5 Å². The zero-order chi connectivity index (χ0) is 29.5. The predicted octanol–water partition coefficient (Wildman–Crippen LogP) is 5.64. The van der Waals surface area contributed by atoms with Crippen LogP contribution in [0.2, 0.25) is 0 Å². The summed E-state index contributed by atoms with van der Waals surface area (Å²) in [4.78, 5) is 43.4. The van der Waals surface area contributed by atoms with Crippen molar-refractivity contribution < 1.29 is 27.9 Å². The number of ether oxygens (including phenoxy) is 1. The van der Waals surface area contributed by atoms with E-state index in [1.54, 1.807) is 48.5 Å². The zero-order valence-electron chi connectivity index (χ0n) is 22.3. The average Bonchev–Trinajstić information content (AvgIpc) is 3.43. The molecule has 10 heteroatoms. The highest BCUT2D eigenvalue weighted by Crippen LogP contribution is 2.23. The van der Waals surface area contributed by atoms with Crippen LogP contribution >= 0.6 is 0 Å². The van der Waals surface area contributed by atoms with E-state index in [9.17, 15) is 23.2 Å². The number of hydrogen-bond acceptors (Lipinski definition) is 4. The van der Waals surface area contributed by atoms with Crippen LogP contribution in [0.15, 0.2) is 103 Å². The molecule has 0 aliphatic carbocycles. The fraction of sp³-hybridized carbons (Fsp3) is 0.0938. The summed E-state index contributed by atoms with van der Waals surface area (Å²) in [5.74, 6) is -1.55. The Morgan fingerprint density at radius 3 is 2.12 bits per heavy atom. The lowest BCUT2D eigenvalue weighted by Gasteiger charge is -2.21. The summed E-state index contributed by atoms with van der Waals surface area (Å²) < 4.78 is 32.8. The van der Waals surface area contributed by atoms with Crippen LogP contribution < -0.4 is 15.4 Å². The van der Waals surface area contributed by atoms with Crippen LogP contribution in [0.3, 0.4) is 0 Å². The fourth-order valence-electron chi connectivity index (χ4n) is 4.24. The average molecular weight is 569 g/mol. The summed E-state index contributed by atoms with van der Waals surface area (Å²) in [5, 5.41) is 6.12. The standard InChI is InChI=1S/C32H26F2N4O4/c33-23-9-13-25(14-10-23)42-26-15-11-24(12-16-26)36-31(40)20-38(19-30(39)35-18-22-6-1-3-7-27(22)34)32(41)29-17-21-5-2-4-8-28(21)37-29/h1-17,37H,18-20H2,(H,35,39)(H,36,40). The molecular weight excluding hydrogens is 542 g/mol. The third kappa shape index (κ3) is 7.16. The number of fused-ring (bicyclic) bond motifs is 1. The van der Waals surface area contributed by atoms with Gasteiger partial charge in [-0.05, 0) is 66.7 Å². The van der Waals surface area contributed by atoms with E-state index < -0.39 is 36.6 Å². The van der Waals surface area contributed by atoms with Crippen molar-refractivity contribution in [1.29, 1.82) is 0 Å². The summed E-state index contributed by atoms with van der Waals surface area (Å²) in [5.41, 5.74) is 1.68. The largest absolute Gasteiger partial charge is 0.457 e. The van der Waals surface area contributed by atoms with Gasteiger partial charge in [-0.25, -0.2) is 8.78 Å². The Hall–Kier alpha value is -5.51. The molecule has 8 nitrogen and oxygen atoms in total. The molecule has 0 bridgehead atoms. The van der Waals surface area contributed by atoms with Gasteiger partial charge in [0.1, 0.15) is 41.9 Å². The van der Waals surface area contributed by atoms with Gasteiger partial charge in [-0.2, -0.15) is 0 Å². The fourth-order valence-corrected chi connectivity index (χ4v) is 4.24. The summed E-state index contributed by atoms with van der Waals surface area (Å²) in [6.45, 7) is -0.922. The Balaban J connectivity index is 1.26. The van der Waals surface area contributed by atoms with Gasteiger partial charge in [0.05, 0.1) is 0 Å². The van der Waals surface area contributed by atoms with Crippen molar-refractivity contribution in [2.24, 2.45) is 0 Å². The molecule has 1 aromatic heterocycles. The van der Waals surface area contributed by atoms with E-state index in [-0.39, 0.29) is 18.1 Å². The number of carbonyl (C=O) groups excluding carboxylic acids is 3. The number of benzene rings is 4. The molecule has 212 valence electrons. The molecule has 0 fully saturated rings. The van der Waals surface area contributed by atoms with Gasteiger partial charge in [-0.1, -0.05) is 36.4 Å². The van der Waals surface area contributed by atoms with Gasteiger partial charge in [-0.3, -0.25) is 14.4 Å². The molecule has 0 saturated heterocycles. The molecule has 5 rings (SSSR count). The maximum Gasteiger partial charge on any atom is 0.271 e. The van der Waals surface area contributed by atoms with Crippen molar-refractivity contribution in [1.82, 2.24) is 15.2 Å². The number of amides is 3. The number of para-hydroxylation sites is 1. The van der Waals surface area contributed by atoms with Crippen molar-refractivity contribution in [2.45, 2.75) is 6.54 Å². The molecule has 42 heavy (non-hydrogen) atoms. The van der Waals surface area contributed by atoms with E-state index in [2.05, 4.69) is 15.6 Å². The van der Waals surface area contributed by atoms with Crippen molar-refractivity contribution in [3.63, 3.8) is 0 Å². The van der Waals surface area contributed by atoms with Crippen molar-refractivity contribution >= 4 is 34.3 Å². The Morgan fingerprint density at radius 1 is 0.762 bits per heavy atom. The van der Waals surface area contributed by atoms with Crippen molar-refractivity contribution in [2.75, 3.05) is 18.4 Å². The molecule has 0 saturated carbocycles. The molecule has 0 spiro atoms. The second-order valence-corrected chi connectivity index (χ2v) is 9.43. The molecule has 3 N–H and O–H groups in total. The minimum absolute atomic E-state index is 0.0710. The molecular formula is C32H26F2N4O4. The number of H-pyrrole nitrogens is 1. The Labute approximate surface area is 239 Å². The normalized spacial score (nSPS) is 10.7. The highest BCUT2D eigenvalue weighted by atomic mass is 19.1. The van der Waals surface area contributed by atoms with Gasteiger partial charge in [0.25, 0.3) is 5.91 Å². The van der Waals surface area contributed by atoms with Gasteiger partial charge in [0, 0.05) is 28.7 Å². The summed E-state index contributed by atoms with van der Waals surface area (Å²) >= 11 is 0. The van der Waals surface area contributed by atoms with Gasteiger partial charge in [-0.15, -0.1) is 0 Å². The minimum atomic E-state index is -0.558. The number of nitrogens with one attached hydrogen (secondary N) is 3. The third-order valence-corrected chi connectivity index (χ3v) is 6.34. The van der Waals surface area contributed by atoms with Crippen LogP contribution in [0.1, 0.15) is 16.1 Å². The Kier molecular flexibility index (Phi) is 8.53. The summed E-state index contributed by atoms with van der Waals surface area (Å²) in [6.07, 6.45) is 0. The first kappa shape index (κ1) is 28.0. The molecule has 3 amide bonds. The molecule has 0 atom stereocenters. The van der Waals surface area contributed by atoms with Gasteiger partial charge in [0.15, 0.2) is 0 Å². The first-order valence-corrected chi connectivity index (χ1v) is 13.0. The number of rotatable bonds is 10. The smallest absolute Gasteiger partial charge is 0.271 e. The molecule has 0 aliphatic rings. The summed E-state index contributed by atoms with van der Waals surface area (Å²) in [7, 11) is 0. The van der Waals surface area contributed by atoms with Crippen LogP contribution in [-0.4, -0.2) is 40.7 Å². The number of aromatic nitrogens is 1. The maximum absolute atomic E-state index is 14.0. The molecule has 4 aromatic carbocycles. The lowest BCUT2D eigenvalue weighted by Crippen LogP contribution is -2.44. The number of anilines is 1. The minimum Gasteiger partial charge on any atom is -0.457 e. The summed E-state index contributed by atoms with van der Waals surface area (Å²) in [6, 6.07) is 27.0. The number of hydrogen-bond donors (Lipinski definition) is 3. The van der Waals surface area contributed by atoms with Gasteiger partial charge < -0.3 is 25.3 Å². The van der Waals surface area contributed by atoms with E-state index >= 15 is 0 Å². The maximum atomic E-state index is 14.0. The number of carbonyl (C=O) groups is 3. The predicted molar refractivity (Wildman–Crippen MR) is 154 cm³/mol. The molecule has 0 aliphatic heterocycles. The SMILES string of the molecule is O=C(CN(CC(=O)Nc1ccc(Oc2ccc(F)cc2)cc1)C(=O)c1cc2ccccc2[nH]1)NCc1ccccc1F. The van der Waals surface area contributed by atoms with E-state index in [0.29, 0.717) is 22.7 Å². The first-order chi connectivity index (χ1) is 20.3. The number of aromatic amines is 1. The second kappa shape index (κ2) is 12.8.